The maximum absolute atomic E-state index is 15.0. The fraction of sp³-hybridized carbons (Fsp3) is 0.457. The Morgan fingerprint density at radius 1 is 0.959 bits per heavy atom. The molecule has 258 valence electrons. The van der Waals surface area contributed by atoms with Crippen LogP contribution < -0.4 is 19.7 Å². The molecular weight excluding hydrogens is 639 g/mol. The number of ether oxygens (including phenoxy) is 2. The first-order chi connectivity index (χ1) is 23.7. The third-order valence-corrected chi connectivity index (χ3v) is 10.5. The zero-order valence-corrected chi connectivity index (χ0v) is 27.5. The molecule has 0 atom stereocenters. The number of aromatic nitrogens is 4. The molecule has 2 bridgehead atoms. The van der Waals surface area contributed by atoms with Gasteiger partial charge >= 0.3 is 0 Å². The van der Waals surface area contributed by atoms with Gasteiger partial charge in [-0.05, 0) is 80.8 Å². The highest BCUT2D eigenvalue weighted by Gasteiger charge is 2.51. The standard InChI is InChI=1S/C35H38F3N7O4/c1-44-15-17-45(18-16-44)33-39-14-7-26(41-33)31-42-32(43-49-31)35-11-8-34(9-12-35,10-13-35)21-40-30(46)24-19-25(36)29(28(38)27(24)37)48-20-22-3-5-23(47-2)6-4-22/h3-7,14,19H,8-13,15-18,20-21H2,1-2H3,(H,40,46)/t34-,35+. The van der Waals surface area contributed by atoms with E-state index in [9.17, 15) is 13.6 Å². The molecule has 0 spiro atoms. The van der Waals surface area contributed by atoms with Gasteiger partial charge in [-0.1, -0.05) is 17.3 Å². The van der Waals surface area contributed by atoms with Gasteiger partial charge in [0, 0.05) is 44.3 Å². The molecule has 14 heteroatoms. The Labute approximate surface area is 281 Å². The Balaban J connectivity index is 0.962. The number of hydrogen-bond donors (Lipinski definition) is 1. The van der Waals surface area contributed by atoms with Crippen LogP contribution in [0.15, 0.2) is 47.1 Å². The molecule has 49 heavy (non-hydrogen) atoms. The van der Waals surface area contributed by atoms with Crippen molar-refractivity contribution in [2.45, 2.75) is 50.5 Å². The number of rotatable bonds is 10. The predicted molar refractivity (Wildman–Crippen MR) is 173 cm³/mol. The van der Waals surface area contributed by atoms with Gasteiger partial charge in [-0.3, -0.25) is 4.79 Å². The maximum atomic E-state index is 15.0. The molecule has 2 aromatic heterocycles. The predicted octanol–water partition coefficient (Wildman–Crippen LogP) is 5.31. The number of fused-ring (bicyclic) bond motifs is 3. The number of likely N-dealkylation sites (N-methyl/N-ethyl adjacent to an activating group) is 1. The average molecular weight is 678 g/mol. The largest absolute Gasteiger partial charge is 0.497 e. The Morgan fingerprint density at radius 2 is 1.67 bits per heavy atom. The van der Waals surface area contributed by atoms with E-state index >= 15 is 4.39 Å². The van der Waals surface area contributed by atoms with Crippen molar-refractivity contribution < 1.29 is 32.0 Å². The van der Waals surface area contributed by atoms with Crippen LogP contribution in [0.25, 0.3) is 11.6 Å². The molecule has 0 radical (unpaired) electrons. The Hall–Kier alpha value is -4.72. The molecule has 1 N–H and O–H groups in total. The summed E-state index contributed by atoms with van der Waals surface area (Å²) in [7, 11) is 3.61. The number of halogens is 3. The summed E-state index contributed by atoms with van der Waals surface area (Å²) in [6, 6.07) is 9.12. The van der Waals surface area contributed by atoms with Gasteiger partial charge in [0.2, 0.25) is 11.8 Å². The minimum Gasteiger partial charge on any atom is -0.497 e. The number of nitrogens with zero attached hydrogens (tertiary/aromatic N) is 6. The molecule has 4 aromatic rings. The van der Waals surface area contributed by atoms with Crippen LogP contribution in [0.2, 0.25) is 0 Å². The van der Waals surface area contributed by atoms with Gasteiger partial charge in [0.1, 0.15) is 18.1 Å². The Morgan fingerprint density at radius 3 is 2.37 bits per heavy atom. The van der Waals surface area contributed by atoms with Crippen LogP contribution in [0, 0.1) is 22.9 Å². The smallest absolute Gasteiger partial charge is 0.276 e. The molecule has 8 rings (SSSR count). The van der Waals surface area contributed by atoms with E-state index in [4.69, 9.17) is 24.0 Å². The van der Waals surface area contributed by atoms with Crippen molar-refractivity contribution in [3.63, 3.8) is 0 Å². The lowest BCUT2D eigenvalue weighted by atomic mass is 9.53. The van der Waals surface area contributed by atoms with Crippen LogP contribution in [-0.4, -0.2) is 77.8 Å². The van der Waals surface area contributed by atoms with Gasteiger partial charge < -0.3 is 29.1 Å². The van der Waals surface area contributed by atoms with Crippen molar-refractivity contribution in [1.29, 1.82) is 0 Å². The van der Waals surface area contributed by atoms with Gasteiger partial charge in [-0.25, -0.2) is 18.7 Å². The molecule has 3 saturated carbocycles. The second-order valence-corrected chi connectivity index (χ2v) is 13.4. The fourth-order valence-electron chi connectivity index (χ4n) is 7.15. The summed E-state index contributed by atoms with van der Waals surface area (Å²) in [6.45, 7) is 3.63. The monoisotopic (exact) mass is 677 g/mol. The van der Waals surface area contributed by atoms with Crippen LogP contribution >= 0.6 is 0 Å². The van der Waals surface area contributed by atoms with Crippen molar-refractivity contribution in [2.24, 2.45) is 5.41 Å². The third kappa shape index (κ3) is 6.53. The molecule has 1 aliphatic heterocycles. The first kappa shape index (κ1) is 32.8. The average Bonchev–Trinajstić information content (AvgIpc) is 3.65. The van der Waals surface area contributed by atoms with Crippen LogP contribution in [0.1, 0.15) is 60.3 Å². The summed E-state index contributed by atoms with van der Waals surface area (Å²) in [5.41, 5.74) is 0.0127. The second-order valence-electron chi connectivity index (χ2n) is 13.4. The highest BCUT2D eigenvalue weighted by atomic mass is 19.2. The number of hydrogen-bond acceptors (Lipinski definition) is 10. The summed E-state index contributed by atoms with van der Waals surface area (Å²) in [4.78, 5) is 31.4. The maximum Gasteiger partial charge on any atom is 0.276 e. The molecular formula is C35H38F3N7O4. The van der Waals surface area contributed by atoms with E-state index < -0.39 is 34.7 Å². The summed E-state index contributed by atoms with van der Waals surface area (Å²) < 4.78 is 60.9. The summed E-state index contributed by atoms with van der Waals surface area (Å²) >= 11 is 0. The first-order valence-electron chi connectivity index (χ1n) is 16.5. The molecule has 4 fully saturated rings. The number of anilines is 1. The first-order valence-corrected chi connectivity index (χ1v) is 16.5. The van der Waals surface area contributed by atoms with Crippen molar-refractivity contribution >= 4 is 11.9 Å². The highest BCUT2D eigenvalue weighted by molar-refractivity contribution is 5.94. The number of nitrogens with one attached hydrogen (secondary N) is 1. The van der Waals surface area contributed by atoms with E-state index in [2.05, 4.69) is 32.3 Å². The second kappa shape index (κ2) is 13.3. The van der Waals surface area contributed by atoms with Crippen molar-refractivity contribution in [3.05, 3.63) is 77.0 Å². The van der Waals surface area contributed by atoms with Gasteiger partial charge in [-0.2, -0.15) is 9.37 Å². The minimum atomic E-state index is -1.55. The van der Waals surface area contributed by atoms with E-state index in [1.54, 1.807) is 36.5 Å². The zero-order chi connectivity index (χ0) is 34.2. The van der Waals surface area contributed by atoms with Crippen LogP contribution in [0.5, 0.6) is 11.5 Å². The van der Waals surface area contributed by atoms with Gasteiger partial charge in [0.25, 0.3) is 11.8 Å². The summed E-state index contributed by atoms with van der Waals surface area (Å²) in [5.74, 6) is -3.65. The highest BCUT2D eigenvalue weighted by Crippen LogP contribution is 2.57. The number of benzene rings is 2. The molecule has 11 nitrogen and oxygen atoms in total. The molecule has 3 heterocycles. The Bertz CT molecular complexity index is 1800. The van der Waals surface area contributed by atoms with Crippen molar-refractivity contribution in [2.75, 3.05) is 51.8 Å². The molecule has 0 unspecified atom stereocenters. The van der Waals surface area contributed by atoms with Crippen LogP contribution in [-0.2, 0) is 12.0 Å². The van der Waals surface area contributed by atoms with Crippen LogP contribution in [0.4, 0.5) is 19.1 Å². The molecule has 2 aromatic carbocycles. The van der Waals surface area contributed by atoms with E-state index in [1.165, 1.54) is 7.11 Å². The van der Waals surface area contributed by atoms with Crippen molar-refractivity contribution in [3.8, 4) is 23.1 Å². The van der Waals surface area contributed by atoms with E-state index in [-0.39, 0.29) is 24.0 Å². The summed E-state index contributed by atoms with van der Waals surface area (Å²) in [6.07, 6.45) is 6.41. The van der Waals surface area contributed by atoms with E-state index in [0.717, 1.165) is 64.7 Å². The SMILES string of the molecule is COc1ccc(COc2c(F)cc(C(=O)NC[C@]34CC[C@](c5noc(-c6ccnc(N7CCN(C)CC7)n6)n5)(CC3)CC4)c(F)c2F)cc1. The molecule has 3 aliphatic carbocycles. The number of carbonyl (C=O) groups excluding carboxylic acids is 1. The molecule has 1 saturated heterocycles. The number of methoxy groups -OCH3 is 1. The van der Waals surface area contributed by atoms with Gasteiger partial charge in [0.05, 0.1) is 12.7 Å². The van der Waals surface area contributed by atoms with Crippen molar-refractivity contribution in [1.82, 2.24) is 30.3 Å². The normalized spacial score (nSPS) is 22.3. The Kier molecular flexibility index (Phi) is 8.90. The topological polar surface area (TPSA) is 119 Å². The molecule has 1 amide bonds. The summed E-state index contributed by atoms with van der Waals surface area (Å²) in [5, 5.41) is 7.12. The number of carbonyl (C=O) groups is 1. The quantitative estimate of drug-likeness (QED) is 0.222. The van der Waals surface area contributed by atoms with Gasteiger partial charge in [0.15, 0.2) is 23.2 Å². The zero-order valence-electron chi connectivity index (χ0n) is 27.5. The van der Waals surface area contributed by atoms with E-state index in [1.807, 2.05) is 0 Å². The van der Waals surface area contributed by atoms with Gasteiger partial charge in [-0.15, -0.1) is 0 Å². The lowest BCUT2D eigenvalue weighted by Crippen LogP contribution is -2.49. The van der Waals surface area contributed by atoms with Crippen LogP contribution in [0.3, 0.4) is 0 Å². The fourth-order valence-corrected chi connectivity index (χ4v) is 7.15. The molecule has 4 aliphatic rings. The minimum absolute atomic E-state index is 0.198. The lowest BCUT2D eigenvalue weighted by Gasteiger charge is -2.52. The third-order valence-electron chi connectivity index (χ3n) is 10.5. The van der Waals surface area contributed by atoms with E-state index in [0.29, 0.717) is 40.7 Å². The lowest BCUT2D eigenvalue weighted by molar-refractivity contribution is 0.0334. The number of piperazine rings is 1. The number of amides is 1.